The van der Waals surface area contributed by atoms with Crippen molar-refractivity contribution < 1.29 is 14.5 Å². The van der Waals surface area contributed by atoms with Crippen molar-refractivity contribution in [2.24, 2.45) is 5.84 Å². The number of ether oxygens (including phenoxy) is 1. The third-order valence-corrected chi connectivity index (χ3v) is 2.43. The number of hydrogen-bond donors (Lipinski definition) is 3. The number of amides is 1. The van der Waals surface area contributed by atoms with E-state index < -0.39 is 10.8 Å². The summed E-state index contributed by atoms with van der Waals surface area (Å²) in [7, 11) is 1.56. The number of methoxy groups -OCH3 is 1. The fraction of sp³-hybridized carbons (Fsp3) is 0.364. The zero-order valence-corrected chi connectivity index (χ0v) is 10.5. The lowest BCUT2D eigenvalue weighted by atomic mass is 10.1. The van der Waals surface area contributed by atoms with Crippen LogP contribution in [-0.2, 0) is 4.74 Å². The largest absolute Gasteiger partial charge is 0.385 e. The van der Waals surface area contributed by atoms with Gasteiger partial charge in [-0.15, -0.1) is 0 Å². The minimum atomic E-state index is -0.640. The van der Waals surface area contributed by atoms with Gasteiger partial charge in [0.25, 0.3) is 5.91 Å². The second-order valence-corrected chi connectivity index (χ2v) is 3.71. The maximum absolute atomic E-state index is 11.9. The number of nitrogens with two attached hydrogens (primary N) is 1. The van der Waals surface area contributed by atoms with Gasteiger partial charge in [0.05, 0.1) is 4.92 Å². The molecule has 0 aromatic heterocycles. The quantitative estimate of drug-likeness (QED) is 0.289. The molecule has 8 heteroatoms. The third-order valence-electron chi connectivity index (χ3n) is 2.43. The highest BCUT2D eigenvalue weighted by atomic mass is 16.6. The van der Waals surface area contributed by atoms with Crippen LogP contribution < -0.4 is 16.6 Å². The lowest BCUT2D eigenvalue weighted by Gasteiger charge is -2.08. The van der Waals surface area contributed by atoms with Gasteiger partial charge in [-0.2, -0.15) is 0 Å². The van der Waals surface area contributed by atoms with E-state index in [1.807, 2.05) is 0 Å². The normalized spacial score (nSPS) is 10.0. The van der Waals surface area contributed by atoms with Gasteiger partial charge >= 0.3 is 5.69 Å². The number of hydrazine groups is 1. The Labute approximate surface area is 110 Å². The molecular formula is C11H16N4O4. The van der Waals surface area contributed by atoms with Crippen molar-refractivity contribution >= 4 is 17.3 Å². The topological polar surface area (TPSA) is 120 Å². The molecular weight excluding hydrogens is 252 g/mol. The van der Waals surface area contributed by atoms with E-state index in [1.54, 1.807) is 7.11 Å². The van der Waals surface area contributed by atoms with Gasteiger partial charge in [-0.05, 0) is 18.6 Å². The van der Waals surface area contributed by atoms with Gasteiger partial charge < -0.3 is 15.5 Å². The van der Waals surface area contributed by atoms with Crippen molar-refractivity contribution in [3.05, 3.63) is 33.9 Å². The van der Waals surface area contributed by atoms with Crippen LogP contribution in [0.4, 0.5) is 11.4 Å². The molecule has 0 spiro atoms. The average Bonchev–Trinajstić information content (AvgIpc) is 2.42. The molecule has 0 aliphatic carbocycles. The van der Waals surface area contributed by atoms with Gasteiger partial charge in [0.1, 0.15) is 11.3 Å². The number of para-hydroxylation sites is 1. The Kier molecular flexibility index (Phi) is 5.71. The Balaban J connectivity index is 2.87. The highest BCUT2D eigenvalue weighted by Gasteiger charge is 2.23. The molecule has 4 N–H and O–H groups in total. The molecule has 0 saturated heterocycles. The Hall–Kier alpha value is -2.19. The van der Waals surface area contributed by atoms with Gasteiger partial charge in [0.2, 0.25) is 0 Å². The van der Waals surface area contributed by atoms with E-state index in [9.17, 15) is 14.9 Å². The molecule has 19 heavy (non-hydrogen) atoms. The number of nitro groups is 1. The van der Waals surface area contributed by atoms with Crippen molar-refractivity contribution in [3.8, 4) is 0 Å². The fourth-order valence-corrected chi connectivity index (χ4v) is 1.55. The summed E-state index contributed by atoms with van der Waals surface area (Å²) in [5.74, 6) is 4.68. The van der Waals surface area contributed by atoms with Crippen molar-refractivity contribution in [2.45, 2.75) is 6.42 Å². The Morgan fingerprint density at radius 3 is 2.84 bits per heavy atom. The first-order valence-corrected chi connectivity index (χ1v) is 5.63. The number of nitrogens with zero attached hydrogens (tertiary/aromatic N) is 1. The number of nitrogens with one attached hydrogen (secondary N) is 2. The molecule has 0 bridgehead atoms. The van der Waals surface area contributed by atoms with Crippen LogP contribution in [0.5, 0.6) is 0 Å². The molecule has 0 heterocycles. The van der Waals surface area contributed by atoms with Crippen LogP contribution in [0.25, 0.3) is 0 Å². The van der Waals surface area contributed by atoms with Crippen molar-refractivity contribution in [1.82, 2.24) is 5.32 Å². The van der Waals surface area contributed by atoms with Crippen LogP contribution in [0.3, 0.4) is 0 Å². The zero-order valence-electron chi connectivity index (χ0n) is 10.5. The van der Waals surface area contributed by atoms with Crippen LogP contribution in [0.2, 0.25) is 0 Å². The lowest BCUT2D eigenvalue weighted by Crippen LogP contribution is -2.26. The number of benzene rings is 1. The minimum absolute atomic E-state index is 0.0298. The van der Waals surface area contributed by atoms with E-state index in [4.69, 9.17) is 10.6 Å². The van der Waals surface area contributed by atoms with E-state index in [-0.39, 0.29) is 16.9 Å². The van der Waals surface area contributed by atoms with Gasteiger partial charge in [-0.1, -0.05) is 6.07 Å². The van der Waals surface area contributed by atoms with Crippen LogP contribution in [0.15, 0.2) is 18.2 Å². The predicted octanol–water partition coefficient (Wildman–Crippen LogP) is 0.647. The Morgan fingerprint density at radius 1 is 1.53 bits per heavy atom. The summed E-state index contributed by atoms with van der Waals surface area (Å²) in [5, 5.41) is 13.6. The van der Waals surface area contributed by atoms with E-state index in [0.717, 1.165) is 0 Å². The summed E-state index contributed by atoms with van der Waals surface area (Å²) in [6.07, 6.45) is 0.630. The number of rotatable bonds is 7. The van der Waals surface area contributed by atoms with E-state index in [0.29, 0.717) is 19.6 Å². The molecule has 1 rings (SSSR count). The van der Waals surface area contributed by atoms with Crippen LogP contribution >= 0.6 is 0 Å². The van der Waals surface area contributed by atoms with Gasteiger partial charge in [0.15, 0.2) is 0 Å². The second kappa shape index (κ2) is 7.29. The standard InChI is InChI=1S/C11H16N4O4/c1-19-7-3-6-13-11(16)8-4-2-5-9(14-12)10(8)15(17)18/h2,4-5,14H,3,6-7,12H2,1H3,(H,13,16). The summed E-state index contributed by atoms with van der Waals surface area (Å²) in [6, 6.07) is 4.33. The summed E-state index contributed by atoms with van der Waals surface area (Å²) in [5.41, 5.74) is 1.93. The van der Waals surface area contributed by atoms with Gasteiger partial charge in [-0.3, -0.25) is 20.8 Å². The van der Waals surface area contributed by atoms with Crippen molar-refractivity contribution in [1.29, 1.82) is 0 Å². The molecule has 0 fully saturated rings. The molecule has 0 atom stereocenters. The summed E-state index contributed by atoms with van der Waals surface area (Å²) in [4.78, 5) is 22.2. The van der Waals surface area contributed by atoms with Gasteiger partial charge in [-0.25, -0.2) is 0 Å². The first-order valence-electron chi connectivity index (χ1n) is 5.63. The van der Waals surface area contributed by atoms with Crippen molar-refractivity contribution in [2.75, 3.05) is 25.7 Å². The Bertz CT molecular complexity index is 464. The number of anilines is 1. The second-order valence-electron chi connectivity index (χ2n) is 3.71. The minimum Gasteiger partial charge on any atom is -0.385 e. The van der Waals surface area contributed by atoms with E-state index in [1.165, 1.54) is 18.2 Å². The summed E-state index contributed by atoms with van der Waals surface area (Å²) >= 11 is 0. The highest BCUT2D eigenvalue weighted by Crippen LogP contribution is 2.27. The van der Waals surface area contributed by atoms with Crippen LogP contribution in [0.1, 0.15) is 16.8 Å². The molecule has 1 aromatic rings. The summed E-state index contributed by atoms with van der Waals surface area (Å²) in [6.45, 7) is 0.886. The molecule has 0 aliphatic heterocycles. The summed E-state index contributed by atoms with van der Waals surface area (Å²) < 4.78 is 4.84. The molecule has 8 nitrogen and oxygen atoms in total. The number of carbonyl (C=O) groups is 1. The highest BCUT2D eigenvalue weighted by molar-refractivity contribution is 6.00. The molecule has 1 amide bonds. The molecule has 0 unspecified atom stereocenters. The smallest absolute Gasteiger partial charge is 0.306 e. The monoisotopic (exact) mass is 268 g/mol. The number of carbonyl (C=O) groups excluding carboxylic acids is 1. The first kappa shape index (κ1) is 14.9. The molecule has 1 aromatic carbocycles. The van der Waals surface area contributed by atoms with Gasteiger partial charge in [0, 0.05) is 20.3 Å². The van der Waals surface area contributed by atoms with E-state index in [2.05, 4.69) is 10.7 Å². The Morgan fingerprint density at radius 2 is 2.26 bits per heavy atom. The number of hydrogen-bond acceptors (Lipinski definition) is 6. The van der Waals surface area contributed by atoms with Crippen LogP contribution in [-0.4, -0.2) is 31.1 Å². The maximum atomic E-state index is 11.9. The van der Waals surface area contributed by atoms with Crippen molar-refractivity contribution in [3.63, 3.8) is 0 Å². The fourth-order valence-electron chi connectivity index (χ4n) is 1.55. The molecule has 0 aliphatic rings. The average molecular weight is 268 g/mol. The number of nitro benzene ring substituents is 1. The SMILES string of the molecule is COCCCNC(=O)c1cccc(NN)c1[N+](=O)[O-]. The predicted molar refractivity (Wildman–Crippen MR) is 69.7 cm³/mol. The molecule has 0 radical (unpaired) electrons. The lowest BCUT2D eigenvalue weighted by molar-refractivity contribution is -0.384. The number of nitrogen functional groups attached to an aromatic ring is 1. The van der Waals surface area contributed by atoms with E-state index >= 15 is 0 Å². The molecule has 0 saturated carbocycles. The van der Waals surface area contributed by atoms with Crippen LogP contribution in [0, 0.1) is 10.1 Å². The third kappa shape index (κ3) is 3.90. The first-order chi connectivity index (χ1) is 9.11. The molecule has 104 valence electrons. The maximum Gasteiger partial charge on any atom is 0.306 e. The zero-order chi connectivity index (χ0) is 14.3.